The van der Waals surface area contributed by atoms with E-state index in [1.165, 1.54) is 0 Å². The number of nitrogens with one attached hydrogen (secondary N) is 1. The normalized spacial score (nSPS) is 10.2. The van der Waals surface area contributed by atoms with E-state index in [0.29, 0.717) is 13.2 Å². The lowest BCUT2D eigenvalue weighted by Gasteiger charge is -2.16. The lowest BCUT2D eigenvalue weighted by molar-refractivity contribution is 0.299. The summed E-state index contributed by atoms with van der Waals surface area (Å²) in [5.41, 5.74) is 2.08. The minimum Gasteiger partial charge on any atom is -0.496 e. The Morgan fingerprint density at radius 3 is 2.26 bits per heavy atom. The van der Waals surface area contributed by atoms with Gasteiger partial charge >= 0.3 is 0 Å². The van der Waals surface area contributed by atoms with E-state index in [4.69, 9.17) is 14.2 Å². The molecule has 0 spiro atoms. The Bertz CT molecular complexity index is 601. The predicted molar refractivity (Wildman–Crippen MR) is 92.2 cm³/mol. The molecule has 2 rings (SSSR count). The maximum absolute atomic E-state index is 5.86. The van der Waals surface area contributed by atoms with Gasteiger partial charge in [0.15, 0.2) is 0 Å². The fourth-order valence-electron chi connectivity index (χ4n) is 2.26. The van der Waals surface area contributed by atoms with Gasteiger partial charge in [0.05, 0.1) is 19.8 Å². The molecule has 122 valence electrons. The van der Waals surface area contributed by atoms with E-state index in [0.717, 1.165) is 34.9 Å². The summed E-state index contributed by atoms with van der Waals surface area (Å²) >= 11 is 0. The van der Waals surface area contributed by atoms with Gasteiger partial charge in [-0.1, -0.05) is 36.4 Å². The van der Waals surface area contributed by atoms with Crippen molar-refractivity contribution in [3.8, 4) is 17.2 Å². The molecule has 0 aliphatic carbocycles. The predicted octanol–water partition coefficient (Wildman–Crippen LogP) is 3.56. The van der Waals surface area contributed by atoms with Gasteiger partial charge in [0.1, 0.15) is 23.9 Å². The first-order chi connectivity index (χ1) is 11.3. The molecule has 23 heavy (non-hydrogen) atoms. The van der Waals surface area contributed by atoms with Gasteiger partial charge in [-0.3, -0.25) is 0 Å². The standard InChI is InChI=1S/C19H23NO3/c1-4-10-20-13-17-18(21-2)11-16(12-19(17)22-3)23-14-15-8-6-5-7-9-15/h4-9,11-12,20H,1,10,13-14H2,2-3H3. The zero-order valence-corrected chi connectivity index (χ0v) is 13.7. The zero-order valence-electron chi connectivity index (χ0n) is 13.7. The average Bonchev–Trinajstić information content (AvgIpc) is 2.61. The summed E-state index contributed by atoms with van der Waals surface area (Å²) in [5, 5.41) is 3.26. The molecule has 4 heteroatoms. The Morgan fingerprint density at radius 1 is 1.04 bits per heavy atom. The summed E-state index contributed by atoms with van der Waals surface area (Å²) in [6, 6.07) is 13.8. The van der Waals surface area contributed by atoms with Crippen LogP contribution >= 0.6 is 0 Å². The average molecular weight is 313 g/mol. The lowest BCUT2D eigenvalue weighted by atomic mass is 10.1. The summed E-state index contributed by atoms with van der Waals surface area (Å²) in [6.07, 6.45) is 1.82. The Kier molecular flexibility index (Phi) is 6.51. The summed E-state index contributed by atoms with van der Waals surface area (Å²) < 4.78 is 16.8. The fourth-order valence-corrected chi connectivity index (χ4v) is 2.26. The third-order valence-corrected chi connectivity index (χ3v) is 3.42. The molecule has 0 heterocycles. The van der Waals surface area contributed by atoms with Crippen LogP contribution in [0.25, 0.3) is 0 Å². The maximum atomic E-state index is 5.86. The largest absolute Gasteiger partial charge is 0.496 e. The number of rotatable bonds is 9. The van der Waals surface area contributed by atoms with E-state index in [9.17, 15) is 0 Å². The zero-order chi connectivity index (χ0) is 16.5. The smallest absolute Gasteiger partial charge is 0.130 e. The van der Waals surface area contributed by atoms with Crippen molar-refractivity contribution < 1.29 is 14.2 Å². The molecular weight excluding hydrogens is 290 g/mol. The molecule has 0 unspecified atom stereocenters. The van der Waals surface area contributed by atoms with Crippen molar-refractivity contribution in [2.45, 2.75) is 13.2 Å². The molecule has 2 aromatic carbocycles. The lowest BCUT2D eigenvalue weighted by Crippen LogP contribution is -2.14. The molecule has 0 aliphatic rings. The van der Waals surface area contributed by atoms with Crippen molar-refractivity contribution in [2.75, 3.05) is 20.8 Å². The van der Waals surface area contributed by atoms with Crippen LogP contribution in [0.5, 0.6) is 17.2 Å². The van der Waals surface area contributed by atoms with Crippen LogP contribution in [0.3, 0.4) is 0 Å². The van der Waals surface area contributed by atoms with Gasteiger partial charge in [0, 0.05) is 25.2 Å². The van der Waals surface area contributed by atoms with E-state index in [1.807, 2.05) is 48.5 Å². The molecule has 0 saturated carbocycles. The van der Waals surface area contributed by atoms with Crippen molar-refractivity contribution in [2.24, 2.45) is 0 Å². The van der Waals surface area contributed by atoms with Crippen LogP contribution in [0.4, 0.5) is 0 Å². The van der Waals surface area contributed by atoms with Crippen LogP contribution in [-0.2, 0) is 13.2 Å². The van der Waals surface area contributed by atoms with E-state index in [-0.39, 0.29) is 0 Å². The monoisotopic (exact) mass is 313 g/mol. The van der Waals surface area contributed by atoms with E-state index >= 15 is 0 Å². The molecular formula is C19H23NO3. The Labute approximate surface area is 137 Å². The highest BCUT2D eigenvalue weighted by molar-refractivity contribution is 5.50. The van der Waals surface area contributed by atoms with Gasteiger partial charge in [-0.25, -0.2) is 0 Å². The number of hydrogen-bond acceptors (Lipinski definition) is 4. The van der Waals surface area contributed by atoms with Crippen LogP contribution in [-0.4, -0.2) is 20.8 Å². The molecule has 0 aliphatic heterocycles. The summed E-state index contributed by atoms with van der Waals surface area (Å²) in [5.74, 6) is 2.20. The second kappa shape index (κ2) is 8.86. The van der Waals surface area contributed by atoms with Crippen LogP contribution in [0.15, 0.2) is 55.1 Å². The SMILES string of the molecule is C=CCNCc1c(OC)cc(OCc2ccccc2)cc1OC. The first kappa shape index (κ1) is 16.9. The number of methoxy groups -OCH3 is 2. The molecule has 0 amide bonds. The molecule has 1 N–H and O–H groups in total. The van der Waals surface area contributed by atoms with Crippen LogP contribution < -0.4 is 19.5 Å². The second-order valence-corrected chi connectivity index (χ2v) is 5.00. The number of ether oxygens (including phenoxy) is 3. The first-order valence-corrected chi connectivity index (χ1v) is 7.51. The van der Waals surface area contributed by atoms with E-state index in [1.54, 1.807) is 14.2 Å². The van der Waals surface area contributed by atoms with E-state index < -0.39 is 0 Å². The van der Waals surface area contributed by atoms with Crippen molar-refractivity contribution in [3.05, 3.63) is 66.2 Å². The minimum atomic E-state index is 0.501. The minimum absolute atomic E-state index is 0.501. The molecule has 0 radical (unpaired) electrons. The Hall–Kier alpha value is -2.46. The molecule has 0 aromatic heterocycles. The van der Waals surface area contributed by atoms with Gasteiger partial charge in [-0.2, -0.15) is 0 Å². The Balaban J connectivity index is 2.16. The Morgan fingerprint density at radius 2 is 1.70 bits per heavy atom. The number of hydrogen-bond donors (Lipinski definition) is 1. The van der Waals surface area contributed by atoms with Gasteiger partial charge in [-0.15, -0.1) is 6.58 Å². The summed E-state index contributed by atoms with van der Waals surface area (Å²) in [4.78, 5) is 0. The van der Waals surface area contributed by atoms with Crippen molar-refractivity contribution in [3.63, 3.8) is 0 Å². The maximum Gasteiger partial charge on any atom is 0.130 e. The third-order valence-electron chi connectivity index (χ3n) is 3.42. The molecule has 0 atom stereocenters. The van der Waals surface area contributed by atoms with Gasteiger partial charge in [0.25, 0.3) is 0 Å². The van der Waals surface area contributed by atoms with Crippen LogP contribution in [0, 0.1) is 0 Å². The number of benzene rings is 2. The highest BCUT2D eigenvalue weighted by atomic mass is 16.5. The quantitative estimate of drug-likeness (QED) is 0.567. The summed E-state index contributed by atoms with van der Waals surface area (Å²) in [6.45, 7) is 5.56. The van der Waals surface area contributed by atoms with Gasteiger partial charge < -0.3 is 19.5 Å². The summed E-state index contributed by atoms with van der Waals surface area (Å²) in [7, 11) is 3.29. The van der Waals surface area contributed by atoms with Crippen molar-refractivity contribution in [1.29, 1.82) is 0 Å². The molecule has 0 bridgehead atoms. The van der Waals surface area contributed by atoms with Crippen molar-refractivity contribution >= 4 is 0 Å². The van der Waals surface area contributed by atoms with Gasteiger partial charge in [-0.05, 0) is 5.56 Å². The van der Waals surface area contributed by atoms with Crippen LogP contribution in [0.2, 0.25) is 0 Å². The highest BCUT2D eigenvalue weighted by Gasteiger charge is 2.13. The topological polar surface area (TPSA) is 39.7 Å². The molecule has 0 saturated heterocycles. The van der Waals surface area contributed by atoms with Crippen molar-refractivity contribution in [1.82, 2.24) is 5.32 Å². The molecule has 4 nitrogen and oxygen atoms in total. The molecule has 2 aromatic rings. The van der Waals surface area contributed by atoms with Crippen LogP contribution in [0.1, 0.15) is 11.1 Å². The molecule has 0 fully saturated rings. The first-order valence-electron chi connectivity index (χ1n) is 7.51. The second-order valence-electron chi connectivity index (χ2n) is 5.00. The van der Waals surface area contributed by atoms with E-state index in [2.05, 4.69) is 11.9 Å². The third kappa shape index (κ3) is 4.76. The van der Waals surface area contributed by atoms with Gasteiger partial charge in [0.2, 0.25) is 0 Å². The highest BCUT2D eigenvalue weighted by Crippen LogP contribution is 2.34. The fraction of sp³-hybridized carbons (Fsp3) is 0.263.